The van der Waals surface area contributed by atoms with Gasteiger partial charge in [-0.15, -0.1) is 11.3 Å². The molecule has 0 N–H and O–H groups in total. The summed E-state index contributed by atoms with van der Waals surface area (Å²) < 4.78 is 16.9. The zero-order valence-electron chi connectivity index (χ0n) is 24.9. The third-order valence-electron chi connectivity index (χ3n) is 7.02. The van der Waals surface area contributed by atoms with Crippen molar-refractivity contribution >= 4 is 29.2 Å². The topological polar surface area (TPSA) is 82.1 Å². The standard InChI is InChI=1S/C31H43NO6S/c1-19(2)17-31(28(35)38-30(6,7)8)18-21(27(34)37-10)25(24-12-11-15-39-24)32(31)26(33)20-13-14-22(29(3,4)5)23(16-20)36-9/h11-16,19,21,25H,17-18H2,1-10H3/t21-,25+,31-/m0/s1. The molecule has 1 aromatic carbocycles. The van der Waals surface area contributed by atoms with Crippen LogP contribution in [-0.4, -0.2) is 48.1 Å². The van der Waals surface area contributed by atoms with Gasteiger partial charge in [0.15, 0.2) is 0 Å². The van der Waals surface area contributed by atoms with E-state index in [4.69, 9.17) is 14.2 Å². The van der Waals surface area contributed by atoms with E-state index < -0.39 is 35.0 Å². The van der Waals surface area contributed by atoms with E-state index >= 15 is 0 Å². The van der Waals surface area contributed by atoms with Gasteiger partial charge in [-0.05, 0) is 74.1 Å². The maximum absolute atomic E-state index is 14.6. The largest absolute Gasteiger partial charge is 0.496 e. The molecule has 0 saturated carbocycles. The van der Waals surface area contributed by atoms with Gasteiger partial charge in [-0.25, -0.2) is 4.79 Å². The monoisotopic (exact) mass is 557 g/mol. The van der Waals surface area contributed by atoms with Gasteiger partial charge in [-0.1, -0.05) is 46.8 Å². The van der Waals surface area contributed by atoms with Crippen molar-refractivity contribution in [1.82, 2.24) is 4.90 Å². The minimum Gasteiger partial charge on any atom is -0.496 e. The highest BCUT2D eigenvalue weighted by molar-refractivity contribution is 7.10. The van der Waals surface area contributed by atoms with E-state index in [0.717, 1.165) is 10.4 Å². The molecule has 3 rings (SSSR count). The number of methoxy groups -OCH3 is 2. The second-order valence-electron chi connectivity index (χ2n) is 12.8. The fraction of sp³-hybridized carbons (Fsp3) is 0.581. The van der Waals surface area contributed by atoms with Gasteiger partial charge in [0.1, 0.15) is 16.9 Å². The van der Waals surface area contributed by atoms with Crippen LogP contribution in [0.25, 0.3) is 0 Å². The highest BCUT2D eigenvalue weighted by Crippen LogP contribution is 2.52. The molecule has 7 nitrogen and oxygen atoms in total. The van der Waals surface area contributed by atoms with E-state index in [-0.39, 0.29) is 23.7 Å². The van der Waals surface area contributed by atoms with Crippen LogP contribution in [0.2, 0.25) is 0 Å². The Morgan fingerprint density at radius 2 is 1.74 bits per heavy atom. The fourth-order valence-electron chi connectivity index (χ4n) is 5.57. The van der Waals surface area contributed by atoms with E-state index in [1.807, 2.05) is 37.4 Å². The van der Waals surface area contributed by atoms with Gasteiger partial charge in [0.25, 0.3) is 5.91 Å². The average Bonchev–Trinajstić information content (AvgIpc) is 3.47. The molecule has 0 radical (unpaired) electrons. The molecule has 2 heterocycles. The van der Waals surface area contributed by atoms with Crippen LogP contribution in [0.3, 0.4) is 0 Å². The predicted molar refractivity (Wildman–Crippen MR) is 153 cm³/mol. The summed E-state index contributed by atoms with van der Waals surface area (Å²) in [4.78, 5) is 44.4. The molecular weight excluding hydrogens is 514 g/mol. The van der Waals surface area contributed by atoms with Crippen LogP contribution < -0.4 is 4.74 Å². The Hall–Kier alpha value is -2.87. The molecule has 0 aliphatic carbocycles. The Morgan fingerprint density at radius 1 is 1.08 bits per heavy atom. The Labute approximate surface area is 236 Å². The van der Waals surface area contributed by atoms with Crippen LogP contribution in [0.4, 0.5) is 0 Å². The number of benzene rings is 1. The van der Waals surface area contributed by atoms with Crippen molar-refractivity contribution in [3.05, 3.63) is 51.7 Å². The van der Waals surface area contributed by atoms with Crippen LogP contribution in [-0.2, 0) is 24.5 Å². The van der Waals surface area contributed by atoms with Crippen molar-refractivity contribution in [3.8, 4) is 5.75 Å². The summed E-state index contributed by atoms with van der Waals surface area (Å²) in [5.41, 5.74) is -1.01. The molecule has 2 aromatic rings. The molecular formula is C31H43NO6S. The molecule has 39 heavy (non-hydrogen) atoms. The van der Waals surface area contributed by atoms with Crippen LogP contribution in [0.1, 0.15) is 95.1 Å². The normalized spacial score (nSPS) is 21.7. The number of thiophene rings is 1. The van der Waals surface area contributed by atoms with E-state index in [1.54, 1.807) is 44.9 Å². The Balaban J connectivity index is 2.30. The summed E-state index contributed by atoms with van der Waals surface area (Å²) in [5.74, 6) is -1.43. The van der Waals surface area contributed by atoms with Crippen molar-refractivity contribution in [1.29, 1.82) is 0 Å². The molecule has 1 amide bonds. The molecule has 1 aromatic heterocycles. The summed E-state index contributed by atoms with van der Waals surface area (Å²) in [6.07, 6.45) is 0.443. The highest BCUT2D eigenvalue weighted by Gasteiger charge is 2.62. The Kier molecular flexibility index (Phi) is 8.90. The predicted octanol–water partition coefficient (Wildman–Crippen LogP) is 6.56. The third-order valence-corrected chi connectivity index (χ3v) is 7.96. The molecule has 3 atom stereocenters. The third kappa shape index (κ3) is 6.32. The quantitative estimate of drug-likeness (QED) is 0.359. The number of ether oxygens (including phenoxy) is 3. The first-order valence-corrected chi connectivity index (χ1v) is 14.3. The fourth-order valence-corrected chi connectivity index (χ4v) is 6.45. The average molecular weight is 558 g/mol. The number of hydrogen-bond acceptors (Lipinski definition) is 7. The van der Waals surface area contributed by atoms with E-state index in [2.05, 4.69) is 20.8 Å². The van der Waals surface area contributed by atoms with Crippen molar-refractivity contribution < 1.29 is 28.6 Å². The van der Waals surface area contributed by atoms with E-state index in [0.29, 0.717) is 17.7 Å². The maximum Gasteiger partial charge on any atom is 0.332 e. The Morgan fingerprint density at radius 3 is 2.23 bits per heavy atom. The van der Waals surface area contributed by atoms with Crippen molar-refractivity contribution in [3.63, 3.8) is 0 Å². The first-order valence-electron chi connectivity index (χ1n) is 13.4. The van der Waals surface area contributed by atoms with Crippen LogP contribution in [0.5, 0.6) is 5.75 Å². The minimum absolute atomic E-state index is 0.0333. The summed E-state index contributed by atoms with van der Waals surface area (Å²) >= 11 is 1.45. The number of amides is 1. The second kappa shape index (κ2) is 11.3. The molecule has 1 fully saturated rings. The van der Waals surface area contributed by atoms with Gasteiger partial charge < -0.3 is 19.1 Å². The lowest BCUT2D eigenvalue weighted by Gasteiger charge is -2.41. The summed E-state index contributed by atoms with van der Waals surface area (Å²) in [5, 5.41) is 1.91. The summed E-state index contributed by atoms with van der Waals surface area (Å²) in [6.45, 7) is 15.7. The van der Waals surface area contributed by atoms with Gasteiger partial charge in [-0.3, -0.25) is 9.59 Å². The minimum atomic E-state index is -1.37. The first kappa shape index (κ1) is 30.7. The van der Waals surface area contributed by atoms with Crippen LogP contribution in [0.15, 0.2) is 35.7 Å². The number of likely N-dealkylation sites (tertiary alicyclic amines) is 1. The molecule has 1 aliphatic heterocycles. The lowest BCUT2D eigenvalue weighted by Crippen LogP contribution is -2.56. The van der Waals surface area contributed by atoms with Crippen molar-refractivity contribution in [2.45, 2.75) is 90.8 Å². The van der Waals surface area contributed by atoms with Gasteiger partial charge in [0.05, 0.1) is 26.2 Å². The van der Waals surface area contributed by atoms with Gasteiger partial charge in [0, 0.05) is 10.4 Å². The number of nitrogens with zero attached hydrogens (tertiary/aromatic N) is 1. The first-order chi connectivity index (χ1) is 18.1. The van der Waals surface area contributed by atoms with E-state index in [9.17, 15) is 14.4 Å². The van der Waals surface area contributed by atoms with Gasteiger partial charge in [0.2, 0.25) is 0 Å². The van der Waals surface area contributed by atoms with Crippen LogP contribution in [0, 0.1) is 11.8 Å². The van der Waals surface area contributed by atoms with Crippen LogP contribution >= 0.6 is 11.3 Å². The summed E-state index contributed by atoms with van der Waals surface area (Å²) in [7, 11) is 2.92. The zero-order valence-corrected chi connectivity index (χ0v) is 25.7. The second-order valence-corrected chi connectivity index (χ2v) is 13.7. The number of esters is 2. The maximum atomic E-state index is 14.6. The molecule has 0 unspecified atom stereocenters. The van der Waals surface area contributed by atoms with Gasteiger partial charge in [-0.2, -0.15) is 0 Å². The number of carbonyl (C=O) groups excluding carboxylic acids is 3. The number of hydrogen-bond donors (Lipinski definition) is 0. The summed E-state index contributed by atoms with van der Waals surface area (Å²) in [6, 6.07) is 8.50. The smallest absolute Gasteiger partial charge is 0.332 e. The van der Waals surface area contributed by atoms with Crippen molar-refractivity contribution in [2.24, 2.45) is 11.8 Å². The zero-order chi connectivity index (χ0) is 29.3. The lowest BCUT2D eigenvalue weighted by atomic mass is 9.83. The number of carbonyl (C=O) groups is 3. The van der Waals surface area contributed by atoms with Gasteiger partial charge >= 0.3 is 11.9 Å². The molecule has 0 bridgehead atoms. The molecule has 0 spiro atoms. The SMILES string of the molecule is COC(=O)[C@H]1C[C@@](CC(C)C)(C(=O)OC(C)(C)C)N(C(=O)c2ccc(C(C)(C)C)c(OC)c2)[C@H]1c1cccs1. The Bertz CT molecular complexity index is 1190. The highest BCUT2D eigenvalue weighted by atomic mass is 32.1. The van der Waals surface area contributed by atoms with Crippen molar-refractivity contribution in [2.75, 3.05) is 14.2 Å². The molecule has 1 saturated heterocycles. The molecule has 8 heteroatoms. The number of rotatable bonds is 7. The lowest BCUT2D eigenvalue weighted by molar-refractivity contribution is -0.168. The molecule has 214 valence electrons. The van der Waals surface area contributed by atoms with E-state index in [1.165, 1.54) is 18.4 Å². The molecule has 1 aliphatic rings.